The predicted octanol–water partition coefficient (Wildman–Crippen LogP) is 4.19. The topological polar surface area (TPSA) is 55.6 Å². The van der Waals surface area contributed by atoms with Crippen molar-refractivity contribution in [1.29, 1.82) is 0 Å². The fraction of sp³-hybridized carbons (Fsp3) is 0.789. The van der Waals surface area contributed by atoms with Crippen LogP contribution in [0.1, 0.15) is 74.0 Å². The zero-order valence-corrected chi connectivity index (χ0v) is 15.9. The van der Waals surface area contributed by atoms with Crippen molar-refractivity contribution in [2.75, 3.05) is 13.2 Å². The van der Waals surface area contributed by atoms with E-state index in [9.17, 15) is 4.79 Å². The first-order chi connectivity index (χ1) is 12.2. The van der Waals surface area contributed by atoms with Crippen molar-refractivity contribution < 1.29 is 14.1 Å². The van der Waals surface area contributed by atoms with Gasteiger partial charge in [0.25, 0.3) is 5.91 Å². The normalized spacial score (nSPS) is 28.0. The molecule has 0 spiro atoms. The molecule has 1 aromatic heterocycles. The SMILES string of the molecule is Cc1noc(C(=O)N2CCOC3CCCCC32)c1SC1CCCCC1. The van der Waals surface area contributed by atoms with Crippen LogP contribution >= 0.6 is 11.8 Å². The van der Waals surface area contributed by atoms with Crippen LogP contribution in [-0.4, -0.2) is 46.5 Å². The van der Waals surface area contributed by atoms with Crippen molar-refractivity contribution in [1.82, 2.24) is 10.1 Å². The molecule has 3 aliphatic rings. The van der Waals surface area contributed by atoms with Gasteiger partial charge in [-0.25, -0.2) is 0 Å². The van der Waals surface area contributed by atoms with E-state index in [1.807, 2.05) is 23.6 Å². The Morgan fingerprint density at radius 2 is 1.88 bits per heavy atom. The molecular weight excluding hydrogens is 336 g/mol. The van der Waals surface area contributed by atoms with Crippen molar-refractivity contribution in [3.63, 3.8) is 0 Å². The van der Waals surface area contributed by atoms with E-state index in [1.54, 1.807) is 0 Å². The molecule has 1 aromatic rings. The standard InChI is InChI=1S/C19H28N2O3S/c1-13-18(25-14-7-3-2-4-8-14)17(24-20-13)19(22)21-11-12-23-16-10-6-5-9-15(16)21/h14-16H,2-12H2,1H3. The molecule has 5 nitrogen and oxygen atoms in total. The molecule has 1 saturated heterocycles. The van der Waals surface area contributed by atoms with Gasteiger partial charge in [0.15, 0.2) is 0 Å². The van der Waals surface area contributed by atoms with E-state index >= 15 is 0 Å². The van der Waals surface area contributed by atoms with Gasteiger partial charge in [-0.05, 0) is 32.6 Å². The Kier molecular flexibility index (Phi) is 5.36. The van der Waals surface area contributed by atoms with E-state index in [1.165, 1.54) is 44.9 Å². The molecule has 0 N–H and O–H groups in total. The van der Waals surface area contributed by atoms with Crippen LogP contribution in [0.25, 0.3) is 0 Å². The highest BCUT2D eigenvalue weighted by atomic mass is 32.2. The van der Waals surface area contributed by atoms with Gasteiger partial charge in [-0.2, -0.15) is 0 Å². The summed E-state index contributed by atoms with van der Waals surface area (Å²) in [5.41, 5.74) is 0.854. The number of hydrogen-bond acceptors (Lipinski definition) is 5. The number of nitrogens with zero attached hydrogens (tertiary/aromatic N) is 2. The van der Waals surface area contributed by atoms with Crippen LogP contribution in [-0.2, 0) is 4.74 Å². The Bertz CT molecular complexity index is 610. The maximum absolute atomic E-state index is 13.3. The van der Waals surface area contributed by atoms with E-state index < -0.39 is 0 Å². The van der Waals surface area contributed by atoms with Crippen molar-refractivity contribution >= 4 is 17.7 Å². The molecule has 0 aromatic carbocycles. The van der Waals surface area contributed by atoms with E-state index in [2.05, 4.69) is 5.16 Å². The largest absolute Gasteiger partial charge is 0.374 e. The number of thioether (sulfide) groups is 1. The molecule has 1 amide bonds. The maximum atomic E-state index is 13.3. The molecule has 25 heavy (non-hydrogen) atoms. The second kappa shape index (κ2) is 7.70. The number of carbonyl (C=O) groups is 1. The van der Waals surface area contributed by atoms with Gasteiger partial charge in [-0.3, -0.25) is 4.79 Å². The van der Waals surface area contributed by atoms with E-state index in [0.717, 1.165) is 23.4 Å². The number of amides is 1. The van der Waals surface area contributed by atoms with Crippen LogP contribution in [0.5, 0.6) is 0 Å². The van der Waals surface area contributed by atoms with Gasteiger partial charge in [-0.1, -0.05) is 37.3 Å². The van der Waals surface area contributed by atoms with Gasteiger partial charge in [0.1, 0.15) is 0 Å². The molecule has 3 fully saturated rings. The van der Waals surface area contributed by atoms with Crippen molar-refractivity contribution in [3.05, 3.63) is 11.5 Å². The summed E-state index contributed by atoms with van der Waals surface area (Å²) in [5.74, 6) is 0.471. The lowest BCUT2D eigenvalue weighted by Crippen LogP contribution is -2.54. The second-order valence-corrected chi connectivity index (χ2v) is 8.87. The highest BCUT2D eigenvalue weighted by Crippen LogP contribution is 2.38. The van der Waals surface area contributed by atoms with Gasteiger partial charge in [0, 0.05) is 11.8 Å². The number of aromatic nitrogens is 1. The van der Waals surface area contributed by atoms with Gasteiger partial charge < -0.3 is 14.2 Å². The summed E-state index contributed by atoms with van der Waals surface area (Å²) in [6.07, 6.45) is 11.0. The monoisotopic (exact) mass is 364 g/mol. The highest BCUT2D eigenvalue weighted by Gasteiger charge is 2.39. The molecule has 4 rings (SSSR count). The van der Waals surface area contributed by atoms with Crippen LogP contribution in [0.2, 0.25) is 0 Å². The lowest BCUT2D eigenvalue weighted by molar-refractivity contribution is -0.0762. The Morgan fingerprint density at radius 1 is 1.12 bits per heavy atom. The summed E-state index contributed by atoms with van der Waals surface area (Å²) in [6, 6.07) is 0.202. The van der Waals surface area contributed by atoms with Crippen LogP contribution < -0.4 is 0 Å². The summed E-state index contributed by atoms with van der Waals surface area (Å²) in [7, 11) is 0. The third kappa shape index (κ3) is 3.61. The molecule has 2 atom stereocenters. The fourth-order valence-corrected chi connectivity index (χ4v) is 5.81. The van der Waals surface area contributed by atoms with Gasteiger partial charge in [0.05, 0.1) is 29.3 Å². The molecule has 6 heteroatoms. The first-order valence-corrected chi connectivity index (χ1v) is 10.7. The molecule has 0 bridgehead atoms. The molecule has 2 unspecified atom stereocenters. The number of morpholine rings is 1. The van der Waals surface area contributed by atoms with Gasteiger partial charge in [-0.15, -0.1) is 11.8 Å². The summed E-state index contributed by atoms with van der Waals surface area (Å²) in [4.78, 5) is 16.2. The average Bonchev–Trinajstić information content (AvgIpc) is 3.02. The van der Waals surface area contributed by atoms with E-state index in [0.29, 0.717) is 24.2 Å². The van der Waals surface area contributed by atoms with Crippen LogP contribution in [0.15, 0.2) is 9.42 Å². The van der Waals surface area contributed by atoms with Crippen molar-refractivity contribution in [3.8, 4) is 0 Å². The Morgan fingerprint density at radius 3 is 2.72 bits per heavy atom. The van der Waals surface area contributed by atoms with Crippen LogP contribution in [0.4, 0.5) is 0 Å². The smallest absolute Gasteiger partial charge is 0.294 e. The lowest BCUT2D eigenvalue weighted by atomic mass is 9.90. The van der Waals surface area contributed by atoms with Gasteiger partial charge in [0.2, 0.25) is 5.76 Å². The summed E-state index contributed by atoms with van der Waals surface area (Å²) in [6.45, 7) is 3.24. The Hall–Kier alpha value is -1.01. The summed E-state index contributed by atoms with van der Waals surface area (Å²) >= 11 is 1.81. The minimum atomic E-state index is 0.0131. The first-order valence-electron chi connectivity index (χ1n) is 9.79. The molecule has 0 radical (unpaired) electrons. The van der Waals surface area contributed by atoms with Crippen LogP contribution in [0.3, 0.4) is 0 Å². The highest BCUT2D eigenvalue weighted by molar-refractivity contribution is 8.00. The number of rotatable bonds is 3. The van der Waals surface area contributed by atoms with E-state index in [4.69, 9.17) is 9.26 Å². The zero-order valence-electron chi connectivity index (χ0n) is 15.0. The number of fused-ring (bicyclic) bond motifs is 1. The molecule has 2 heterocycles. The molecular formula is C19H28N2O3S. The van der Waals surface area contributed by atoms with Gasteiger partial charge >= 0.3 is 0 Å². The maximum Gasteiger partial charge on any atom is 0.294 e. The zero-order chi connectivity index (χ0) is 17.2. The summed E-state index contributed by atoms with van der Waals surface area (Å²) in [5, 5.41) is 4.72. The third-order valence-corrected chi connectivity index (χ3v) is 7.35. The third-order valence-electron chi connectivity index (χ3n) is 5.83. The lowest BCUT2D eigenvalue weighted by Gasteiger charge is -2.43. The average molecular weight is 365 g/mol. The minimum absolute atomic E-state index is 0.0131. The molecule has 138 valence electrons. The molecule has 2 aliphatic carbocycles. The van der Waals surface area contributed by atoms with E-state index in [-0.39, 0.29) is 18.1 Å². The molecule has 2 saturated carbocycles. The van der Waals surface area contributed by atoms with Crippen molar-refractivity contribution in [2.24, 2.45) is 0 Å². The quantitative estimate of drug-likeness (QED) is 0.805. The Balaban J connectivity index is 1.53. The number of hydrogen-bond donors (Lipinski definition) is 0. The minimum Gasteiger partial charge on any atom is -0.374 e. The van der Waals surface area contributed by atoms with Crippen molar-refractivity contribution in [2.45, 2.75) is 87.0 Å². The summed E-state index contributed by atoms with van der Waals surface area (Å²) < 4.78 is 11.4. The number of ether oxygens (including phenoxy) is 1. The predicted molar refractivity (Wildman–Crippen MR) is 97.0 cm³/mol. The number of aryl methyl sites for hydroxylation is 1. The first kappa shape index (κ1) is 17.4. The second-order valence-electron chi connectivity index (χ2n) is 7.56. The fourth-order valence-electron chi connectivity index (χ4n) is 4.46. The molecule has 1 aliphatic heterocycles. The van der Waals surface area contributed by atoms with Crippen LogP contribution in [0, 0.1) is 6.92 Å². The Labute approximate surface area is 153 Å². The number of carbonyl (C=O) groups excluding carboxylic acids is 1.